The van der Waals surface area contributed by atoms with Crippen LogP contribution in [-0.2, 0) is 7.05 Å². The van der Waals surface area contributed by atoms with Crippen molar-refractivity contribution in [2.45, 2.75) is 6.92 Å². The standard InChI is InChI=1S/C16H13BrN2O3/c1-9-7-14-13(19(2)16(21)22-14)8-12(9)18-15(20)10-5-3-4-6-11(10)17/h3-8H,1-2H3,(H,18,20). The molecule has 0 aliphatic heterocycles. The summed E-state index contributed by atoms with van der Waals surface area (Å²) in [6.07, 6.45) is 0. The second-order valence-corrected chi connectivity index (χ2v) is 5.85. The van der Waals surface area contributed by atoms with E-state index >= 15 is 0 Å². The van der Waals surface area contributed by atoms with Crippen LogP contribution < -0.4 is 11.1 Å². The minimum absolute atomic E-state index is 0.219. The van der Waals surface area contributed by atoms with Gasteiger partial charge in [-0.25, -0.2) is 4.79 Å². The van der Waals surface area contributed by atoms with Gasteiger partial charge >= 0.3 is 5.76 Å². The Kier molecular flexibility index (Phi) is 3.62. The number of halogens is 1. The first-order valence-electron chi connectivity index (χ1n) is 6.63. The number of carbonyl (C=O) groups is 1. The minimum atomic E-state index is -0.427. The molecule has 0 saturated carbocycles. The van der Waals surface area contributed by atoms with E-state index in [1.165, 1.54) is 4.57 Å². The Morgan fingerprint density at radius 1 is 1.27 bits per heavy atom. The molecule has 2 aromatic carbocycles. The molecule has 1 aromatic heterocycles. The summed E-state index contributed by atoms with van der Waals surface area (Å²) in [5.74, 6) is -0.646. The summed E-state index contributed by atoms with van der Waals surface area (Å²) in [7, 11) is 1.63. The Morgan fingerprint density at radius 2 is 2.00 bits per heavy atom. The zero-order valence-corrected chi connectivity index (χ0v) is 13.6. The predicted octanol–water partition coefficient (Wildman–Crippen LogP) is 3.45. The van der Waals surface area contributed by atoms with Gasteiger partial charge in [-0.3, -0.25) is 9.36 Å². The topological polar surface area (TPSA) is 64.2 Å². The molecule has 0 saturated heterocycles. The smallest absolute Gasteiger partial charge is 0.408 e. The van der Waals surface area contributed by atoms with Crippen LogP contribution in [-0.4, -0.2) is 10.5 Å². The van der Waals surface area contributed by atoms with E-state index in [9.17, 15) is 9.59 Å². The maximum Gasteiger partial charge on any atom is 0.419 e. The molecule has 0 atom stereocenters. The molecule has 1 amide bonds. The van der Waals surface area contributed by atoms with Crippen molar-refractivity contribution in [3.8, 4) is 0 Å². The zero-order chi connectivity index (χ0) is 15.9. The van der Waals surface area contributed by atoms with Crippen molar-refractivity contribution < 1.29 is 9.21 Å². The lowest BCUT2D eigenvalue weighted by Crippen LogP contribution is -2.13. The van der Waals surface area contributed by atoms with Gasteiger partial charge in [-0.1, -0.05) is 12.1 Å². The Hall–Kier alpha value is -2.34. The minimum Gasteiger partial charge on any atom is -0.408 e. The summed E-state index contributed by atoms with van der Waals surface area (Å²) in [6.45, 7) is 1.85. The molecule has 0 spiro atoms. The average molecular weight is 361 g/mol. The Labute approximate surface area is 134 Å². The van der Waals surface area contributed by atoms with Crippen molar-refractivity contribution in [3.05, 3.63) is 62.5 Å². The molecule has 22 heavy (non-hydrogen) atoms. The first-order chi connectivity index (χ1) is 10.5. The number of amides is 1. The van der Waals surface area contributed by atoms with Crippen LogP contribution in [0.15, 0.2) is 50.1 Å². The van der Waals surface area contributed by atoms with Gasteiger partial charge in [0.2, 0.25) is 0 Å². The number of anilines is 1. The van der Waals surface area contributed by atoms with Crippen LogP contribution in [0.2, 0.25) is 0 Å². The van der Waals surface area contributed by atoms with Gasteiger partial charge in [0, 0.05) is 17.2 Å². The Morgan fingerprint density at radius 3 is 2.73 bits per heavy atom. The van der Waals surface area contributed by atoms with E-state index in [4.69, 9.17) is 4.42 Å². The normalized spacial score (nSPS) is 10.9. The van der Waals surface area contributed by atoms with Crippen molar-refractivity contribution in [3.63, 3.8) is 0 Å². The van der Waals surface area contributed by atoms with Crippen LogP contribution in [0.5, 0.6) is 0 Å². The van der Waals surface area contributed by atoms with Crippen LogP contribution >= 0.6 is 15.9 Å². The van der Waals surface area contributed by atoms with Gasteiger partial charge in [0.1, 0.15) is 0 Å². The molecule has 0 bridgehead atoms. The van der Waals surface area contributed by atoms with Gasteiger partial charge < -0.3 is 9.73 Å². The Bertz CT molecular complexity index is 940. The van der Waals surface area contributed by atoms with E-state index in [1.54, 1.807) is 31.3 Å². The van der Waals surface area contributed by atoms with Crippen molar-refractivity contribution in [1.82, 2.24) is 4.57 Å². The van der Waals surface area contributed by atoms with Crippen LogP contribution in [0.3, 0.4) is 0 Å². The summed E-state index contributed by atoms with van der Waals surface area (Å²) < 4.78 is 7.26. The number of carbonyl (C=O) groups excluding carboxylic acids is 1. The molecule has 3 rings (SSSR count). The zero-order valence-electron chi connectivity index (χ0n) is 12.0. The molecular formula is C16H13BrN2O3. The molecule has 1 heterocycles. The van der Waals surface area contributed by atoms with E-state index < -0.39 is 5.76 Å². The largest absolute Gasteiger partial charge is 0.419 e. The number of nitrogens with zero attached hydrogens (tertiary/aromatic N) is 1. The number of rotatable bonds is 2. The molecule has 5 nitrogen and oxygen atoms in total. The molecule has 0 radical (unpaired) electrons. The second kappa shape index (κ2) is 5.46. The molecule has 3 aromatic rings. The number of fused-ring (bicyclic) bond motifs is 1. The van der Waals surface area contributed by atoms with Crippen molar-refractivity contribution >= 4 is 38.6 Å². The lowest BCUT2D eigenvalue weighted by atomic mass is 10.1. The molecule has 0 fully saturated rings. The molecular weight excluding hydrogens is 348 g/mol. The van der Waals surface area contributed by atoms with E-state index in [-0.39, 0.29) is 5.91 Å². The van der Waals surface area contributed by atoms with Gasteiger partial charge in [0.15, 0.2) is 5.58 Å². The highest BCUT2D eigenvalue weighted by atomic mass is 79.9. The van der Waals surface area contributed by atoms with E-state index in [0.29, 0.717) is 22.4 Å². The maximum absolute atomic E-state index is 12.4. The first-order valence-corrected chi connectivity index (χ1v) is 7.42. The monoisotopic (exact) mass is 360 g/mol. The lowest BCUT2D eigenvalue weighted by Gasteiger charge is -2.09. The lowest BCUT2D eigenvalue weighted by molar-refractivity contribution is 0.102. The fourth-order valence-corrected chi connectivity index (χ4v) is 2.71. The quantitative estimate of drug-likeness (QED) is 0.760. The number of aryl methyl sites for hydroxylation is 2. The SMILES string of the molecule is Cc1cc2oc(=O)n(C)c2cc1NC(=O)c1ccccc1Br. The second-order valence-electron chi connectivity index (χ2n) is 5.00. The van der Waals surface area contributed by atoms with Crippen LogP contribution in [0.25, 0.3) is 11.1 Å². The van der Waals surface area contributed by atoms with Gasteiger partial charge in [-0.15, -0.1) is 0 Å². The summed E-state index contributed by atoms with van der Waals surface area (Å²) >= 11 is 3.36. The molecule has 0 aliphatic carbocycles. The summed E-state index contributed by atoms with van der Waals surface area (Å²) in [6, 6.07) is 10.7. The first kappa shape index (κ1) is 14.6. The van der Waals surface area contributed by atoms with Crippen LogP contribution in [0, 0.1) is 6.92 Å². The highest BCUT2D eigenvalue weighted by Gasteiger charge is 2.14. The highest BCUT2D eigenvalue weighted by molar-refractivity contribution is 9.10. The number of hydrogen-bond donors (Lipinski definition) is 1. The number of nitrogens with one attached hydrogen (secondary N) is 1. The van der Waals surface area contributed by atoms with Crippen molar-refractivity contribution in [1.29, 1.82) is 0 Å². The number of oxazole rings is 1. The summed E-state index contributed by atoms with van der Waals surface area (Å²) in [4.78, 5) is 23.9. The summed E-state index contributed by atoms with van der Waals surface area (Å²) in [5.41, 5.74) is 3.15. The van der Waals surface area contributed by atoms with Crippen molar-refractivity contribution in [2.24, 2.45) is 7.05 Å². The van der Waals surface area contributed by atoms with Crippen LogP contribution in [0.1, 0.15) is 15.9 Å². The molecule has 0 aliphatic rings. The fraction of sp³-hybridized carbons (Fsp3) is 0.125. The van der Waals surface area contributed by atoms with Gasteiger partial charge in [0.05, 0.1) is 11.1 Å². The molecule has 112 valence electrons. The molecule has 6 heteroatoms. The van der Waals surface area contributed by atoms with E-state index in [0.717, 1.165) is 10.0 Å². The highest BCUT2D eigenvalue weighted by Crippen LogP contribution is 2.24. The molecule has 0 unspecified atom stereocenters. The number of aromatic nitrogens is 1. The fourth-order valence-electron chi connectivity index (χ4n) is 2.24. The van der Waals surface area contributed by atoms with Gasteiger partial charge in [-0.2, -0.15) is 0 Å². The number of benzene rings is 2. The maximum atomic E-state index is 12.4. The van der Waals surface area contributed by atoms with Gasteiger partial charge in [0.25, 0.3) is 5.91 Å². The predicted molar refractivity (Wildman–Crippen MR) is 88.3 cm³/mol. The molecule has 1 N–H and O–H groups in total. The number of hydrogen-bond acceptors (Lipinski definition) is 3. The Balaban J connectivity index is 2.02. The average Bonchev–Trinajstić information content (AvgIpc) is 2.75. The van der Waals surface area contributed by atoms with Crippen LogP contribution in [0.4, 0.5) is 5.69 Å². The third-order valence-electron chi connectivity index (χ3n) is 3.51. The van der Waals surface area contributed by atoms with Crippen molar-refractivity contribution in [2.75, 3.05) is 5.32 Å². The van der Waals surface area contributed by atoms with E-state index in [2.05, 4.69) is 21.2 Å². The van der Waals surface area contributed by atoms with E-state index in [1.807, 2.05) is 19.1 Å². The third-order valence-corrected chi connectivity index (χ3v) is 4.20. The van der Waals surface area contributed by atoms with Gasteiger partial charge in [-0.05, 0) is 52.7 Å². The summed E-state index contributed by atoms with van der Waals surface area (Å²) in [5, 5.41) is 2.87. The third kappa shape index (κ3) is 2.46.